The standard InChI is InChI=1S/C12H14BrN3O/c13-10-2-1-5-16-12(10)14-11(15-16)8-9-3-6-17-7-4-9/h1-2,5,9H,3-4,6-8H2. The van der Waals surface area contributed by atoms with Crippen molar-refractivity contribution in [3.8, 4) is 0 Å². The lowest BCUT2D eigenvalue weighted by atomic mass is 9.96. The number of fused-ring (bicyclic) bond motifs is 1. The average molecular weight is 296 g/mol. The molecule has 0 N–H and O–H groups in total. The molecule has 1 fully saturated rings. The number of halogens is 1. The molecule has 0 unspecified atom stereocenters. The third-order valence-corrected chi connectivity index (χ3v) is 3.79. The van der Waals surface area contributed by atoms with Gasteiger partial charge in [-0.1, -0.05) is 0 Å². The largest absolute Gasteiger partial charge is 0.381 e. The minimum absolute atomic E-state index is 0.667. The summed E-state index contributed by atoms with van der Waals surface area (Å²) in [7, 11) is 0. The zero-order chi connectivity index (χ0) is 11.7. The van der Waals surface area contributed by atoms with Gasteiger partial charge in [-0.25, -0.2) is 9.50 Å². The summed E-state index contributed by atoms with van der Waals surface area (Å²) < 4.78 is 8.19. The second kappa shape index (κ2) is 4.74. The quantitative estimate of drug-likeness (QED) is 0.854. The van der Waals surface area contributed by atoms with Crippen molar-refractivity contribution in [2.45, 2.75) is 19.3 Å². The molecule has 0 aliphatic carbocycles. The number of hydrogen-bond acceptors (Lipinski definition) is 3. The highest BCUT2D eigenvalue weighted by molar-refractivity contribution is 9.10. The minimum atomic E-state index is 0.667. The van der Waals surface area contributed by atoms with E-state index >= 15 is 0 Å². The molecule has 0 amide bonds. The zero-order valence-corrected chi connectivity index (χ0v) is 11.1. The summed E-state index contributed by atoms with van der Waals surface area (Å²) in [5.74, 6) is 1.60. The Bertz CT molecular complexity index is 519. The molecular formula is C12H14BrN3O. The lowest BCUT2D eigenvalue weighted by molar-refractivity contribution is 0.0660. The van der Waals surface area contributed by atoms with Gasteiger partial charge in [0.15, 0.2) is 11.5 Å². The first-order valence-electron chi connectivity index (χ1n) is 5.90. The fourth-order valence-corrected chi connectivity index (χ4v) is 2.64. The Morgan fingerprint density at radius 3 is 3.00 bits per heavy atom. The van der Waals surface area contributed by atoms with Crippen molar-refractivity contribution in [2.75, 3.05) is 13.2 Å². The van der Waals surface area contributed by atoms with Crippen LogP contribution in [-0.4, -0.2) is 27.8 Å². The van der Waals surface area contributed by atoms with Gasteiger partial charge in [-0.2, -0.15) is 5.10 Å². The molecule has 0 atom stereocenters. The van der Waals surface area contributed by atoms with Crippen LogP contribution in [0, 0.1) is 5.92 Å². The van der Waals surface area contributed by atoms with Gasteiger partial charge in [0, 0.05) is 25.8 Å². The first kappa shape index (κ1) is 11.2. The Labute approximate surface area is 108 Å². The van der Waals surface area contributed by atoms with E-state index in [4.69, 9.17) is 4.74 Å². The van der Waals surface area contributed by atoms with E-state index < -0.39 is 0 Å². The summed E-state index contributed by atoms with van der Waals surface area (Å²) in [4.78, 5) is 4.57. The summed E-state index contributed by atoms with van der Waals surface area (Å²) in [6, 6.07) is 3.95. The number of hydrogen-bond donors (Lipinski definition) is 0. The molecule has 2 aromatic rings. The summed E-state index contributed by atoms with van der Waals surface area (Å²) in [5.41, 5.74) is 0.898. The Morgan fingerprint density at radius 1 is 1.41 bits per heavy atom. The van der Waals surface area contributed by atoms with Gasteiger partial charge in [-0.05, 0) is 46.8 Å². The number of rotatable bonds is 2. The Kier molecular flexibility index (Phi) is 3.11. The van der Waals surface area contributed by atoms with Crippen molar-refractivity contribution in [3.05, 3.63) is 28.6 Å². The van der Waals surface area contributed by atoms with Crippen LogP contribution in [0.4, 0.5) is 0 Å². The van der Waals surface area contributed by atoms with Crippen LogP contribution in [0.3, 0.4) is 0 Å². The van der Waals surface area contributed by atoms with Crippen molar-refractivity contribution in [1.29, 1.82) is 0 Å². The molecule has 4 nitrogen and oxygen atoms in total. The molecule has 0 spiro atoms. The van der Waals surface area contributed by atoms with Gasteiger partial charge in [-0.15, -0.1) is 0 Å². The van der Waals surface area contributed by atoms with Crippen LogP contribution in [-0.2, 0) is 11.2 Å². The van der Waals surface area contributed by atoms with Crippen molar-refractivity contribution in [2.24, 2.45) is 5.92 Å². The maximum atomic E-state index is 5.36. The number of nitrogens with zero attached hydrogens (tertiary/aromatic N) is 3. The molecule has 1 aliphatic heterocycles. The topological polar surface area (TPSA) is 39.4 Å². The molecule has 0 aromatic carbocycles. The van der Waals surface area contributed by atoms with Crippen LogP contribution in [0.15, 0.2) is 22.8 Å². The van der Waals surface area contributed by atoms with Crippen LogP contribution in [0.5, 0.6) is 0 Å². The second-order valence-electron chi connectivity index (χ2n) is 4.41. The van der Waals surface area contributed by atoms with E-state index in [2.05, 4.69) is 26.0 Å². The van der Waals surface area contributed by atoms with Gasteiger partial charge in [0.2, 0.25) is 0 Å². The van der Waals surface area contributed by atoms with Gasteiger partial charge >= 0.3 is 0 Å². The highest BCUT2D eigenvalue weighted by atomic mass is 79.9. The molecular weight excluding hydrogens is 282 g/mol. The average Bonchev–Trinajstić information content (AvgIpc) is 2.74. The molecule has 3 heterocycles. The van der Waals surface area contributed by atoms with Crippen molar-refractivity contribution < 1.29 is 4.74 Å². The molecule has 5 heteroatoms. The van der Waals surface area contributed by atoms with E-state index in [9.17, 15) is 0 Å². The van der Waals surface area contributed by atoms with E-state index in [0.29, 0.717) is 5.92 Å². The van der Waals surface area contributed by atoms with Crippen molar-refractivity contribution in [3.63, 3.8) is 0 Å². The molecule has 0 bridgehead atoms. The Balaban J connectivity index is 1.83. The van der Waals surface area contributed by atoms with E-state index in [1.807, 2.05) is 22.8 Å². The molecule has 17 heavy (non-hydrogen) atoms. The number of aromatic nitrogens is 3. The van der Waals surface area contributed by atoms with Gasteiger partial charge in [-0.3, -0.25) is 0 Å². The van der Waals surface area contributed by atoms with Crippen LogP contribution >= 0.6 is 15.9 Å². The van der Waals surface area contributed by atoms with Crippen LogP contribution < -0.4 is 0 Å². The summed E-state index contributed by atoms with van der Waals surface area (Å²) >= 11 is 3.49. The number of ether oxygens (including phenoxy) is 1. The highest BCUT2D eigenvalue weighted by Crippen LogP contribution is 2.20. The molecule has 1 saturated heterocycles. The first-order valence-corrected chi connectivity index (χ1v) is 6.70. The van der Waals surface area contributed by atoms with Gasteiger partial charge in [0.05, 0.1) is 4.47 Å². The summed E-state index contributed by atoms with van der Waals surface area (Å²) in [6.07, 6.45) is 5.13. The molecule has 2 aromatic heterocycles. The summed E-state index contributed by atoms with van der Waals surface area (Å²) in [6.45, 7) is 1.75. The second-order valence-corrected chi connectivity index (χ2v) is 5.27. The van der Waals surface area contributed by atoms with E-state index in [0.717, 1.165) is 48.4 Å². The van der Waals surface area contributed by atoms with Crippen molar-refractivity contribution in [1.82, 2.24) is 14.6 Å². The molecule has 3 rings (SSSR count). The number of pyridine rings is 1. The van der Waals surface area contributed by atoms with E-state index in [1.54, 1.807) is 0 Å². The van der Waals surface area contributed by atoms with Crippen LogP contribution in [0.2, 0.25) is 0 Å². The predicted octanol–water partition coefficient (Wildman–Crippen LogP) is 2.46. The fraction of sp³-hybridized carbons (Fsp3) is 0.500. The first-order chi connectivity index (χ1) is 8.33. The predicted molar refractivity (Wildman–Crippen MR) is 67.9 cm³/mol. The monoisotopic (exact) mass is 295 g/mol. The molecule has 1 aliphatic rings. The zero-order valence-electron chi connectivity index (χ0n) is 9.47. The highest BCUT2D eigenvalue weighted by Gasteiger charge is 2.17. The molecule has 0 radical (unpaired) electrons. The smallest absolute Gasteiger partial charge is 0.169 e. The molecule has 90 valence electrons. The minimum Gasteiger partial charge on any atom is -0.381 e. The van der Waals surface area contributed by atoms with E-state index in [1.165, 1.54) is 0 Å². The maximum absolute atomic E-state index is 5.36. The van der Waals surface area contributed by atoms with Gasteiger partial charge in [0.1, 0.15) is 0 Å². The van der Waals surface area contributed by atoms with Crippen LogP contribution in [0.1, 0.15) is 18.7 Å². The van der Waals surface area contributed by atoms with Crippen molar-refractivity contribution >= 4 is 21.6 Å². The normalized spacial score (nSPS) is 17.7. The molecule has 0 saturated carbocycles. The third kappa shape index (κ3) is 2.35. The van der Waals surface area contributed by atoms with E-state index in [-0.39, 0.29) is 0 Å². The SMILES string of the molecule is Brc1cccn2nc(CC3CCOCC3)nc12. The summed E-state index contributed by atoms with van der Waals surface area (Å²) in [5, 5.41) is 4.50. The Hall–Kier alpha value is -0.940. The lowest BCUT2D eigenvalue weighted by Gasteiger charge is -2.20. The Morgan fingerprint density at radius 2 is 2.24 bits per heavy atom. The van der Waals surface area contributed by atoms with Crippen LogP contribution in [0.25, 0.3) is 5.65 Å². The lowest BCUT2D eigenvalue weighted by Crippen LogP contribution is -2.18. The maximum Gasteiger partial charge on any atom is 0.169 e. The van der Waals surface area contributed by atoms with Gasteiger partial charge in [0.25, 0.3) is 0 Å². The van der Waals surface area contributed by atoms with Gasteiger partial charge < -0.3 is 4.74 Å². The third-order valence-electron chi connectivity index (χ3n) is 3.17. The fourth-order valence-electron chi connectivity index (χ4n) is 2.21.